The Bertz CT molecular complexity index is 829. The van der Waals surface area contributed by atoms with Crippen molar-refractivity contribution in [3.63, 3.8) is 0 Å². The Balaban J connectivity index is 1.87. The number of H-pyrrole nitrogens is 1. The summed E-state index contributed by atoms with van der Waals surface area (Å²) in [6.07, 6.45) is 1.78. The van der Waals surface area contributed by atoms with Gasteiger partial charge in [-0.2, -0.15) is 5.10 Å². The van der Waals surface area contributed by atoms with E-state index in [2.05, 4.69) is 28.9 Å². The van der Waals surface area contributed by atoms with E-state index in [-0.39, 0.29) is 0 Å². The number of aromatic amines is 1. The highest BCUT2D eigenvalue weighted by Gasteiger charge is 2.07. The number of nitrogens with zero attached hydrogens (tertiary/aromatic N) is 2. The molecule has 2 aromatic carbocycles. The lowest BCUT2D eigenvalue weighted by Gasteiger charge is -2.09. The van der Waals surface area contributed by atoms with Gasteiger partial charge in [0.2, 0.25) is 0 Å². The summed E-state index contributed by atoms with van der Waals surface area (Å²) in [5, 5.41) is 9.23. The standard InChI is InChI=1S/C16H15N3OS/c1-2-10-19-15(17-18-16(19)21)11-20-14-9-5-7-12-6-3-4-8-13(12)14/h2-9H,1,10-11H2,(H,18,21). The van der Waals surface area contributed by atoms with Crippen LogP contribution in [0, 0.1) is 4.77 Å². The lowest BCUT2D eigenvalue weighted by atomic mass is 10.1. The van der Waals surface area contributed by atoms with Crippen molar-refractivity contribution in [3.8, 4) is 5.75 Å². The Morgan fingerprint density at radius 3 is 2.90 bits per heavy atom. The fourth-order valence-corrected chi connectivity index (χ4v) is 2.47. The van der Waals surface area contributed by atoms with Crippen molar-refractivity contribution < 1.29 is 4.74 Å². The maximum absolute atomic E-state index is 5.92. The smallest absolute Gasteiger partial charge is 0.195 e. The number of nitrogens with one attached hydrogen (secondary N) is 1. The minimum Gasteiger partial charge on any atom is -0.485 e. The van der Waals surface area contributed by atoms with Gasteiger partial charge in [-0.1, -0.05) is 42.5 Å². The van der Waals surface area contributed by atoms with Crippen molar-refractivity contribution in [2.45, 2.75) is 13.2 Å². The molecule has 21 heavy (non-hydrogen) atoms. The molecule has 0 radical (unpaired) electrons. The van der Waals surface area contributed by atoms with E-state index < -0.39 is 0 Å². The second kappa shape index (κ2) is 5.93. The Kier molecular flexibility index (Phi) is 3.83. The van der Waals surface area contributed by atoms with E-state index in [0.29, 0.717) is 17.9 Å². The number of aromatic nitrogens is 3. The van der Waals surface area contributed by atoms with E-state index in [0.717, 1.165) is 22.3 Å². The molecule has 3 rings (SSSR count). The van der Waals surface area contributed by atoms with Crippen molar-refractivity contribution in [1.82, 2.24) is 14.8 Å². The van der Waals surface area contributed by atoms with Crippen LogP contribution in [0.4, 0.5) is 0 Å². The Morgan fingerprint density at radius 1 is 1.24 bits per heavy atom. The van der Waals surface area contributed by atoms with Crippen LogP contribution in [0.1, 0.15) is 5.82 Å². The van der Waals surface area contributed by atoms with E-state index >= 15 is 0 Å². The molecule has 0 aliphatic carbocycles. The fraction of sp³-hybridized carbons (Fsp3) is 0.125. The minimum absolute atomic E-state index is 0.356. The van der Waals surface area contributed by atoms with Gasteiger partial charge in [-0.05, 0) is 23.7 Å². The number of benzene rings is 2. The van der Waals surface area contributed by atoms with Crippen LogP contribution in [-0.2, 0) is 13.2 Å². The first kappa shape index (κ1) is 13.6. The Hall–Kier alpha value is -2.40. The second-order valence-electron chi connectivity index (χ2n) is 4.61. The minimum atomic E-state index is 0.356. The van der Waals surface area contributed by atoms with Gasteiger partial charge >= 0.3 is 0 Å². The first-order chi connectivity index (χ1) is 10.3. The van der Waals surface area contributed by atoms with Crippen LogP contribution in [0.3, 0.4) is 0 Å². The molecule has 1 aromatic heterocycles. The zero-order valence-electron chi connectivity index (χ0n) is 11.5. The van der Waals surface area contributed by atoms with E-state index in [4.69, 9.17) is 17.0 Å². The first-order valence-corrected chi connectivity index (χ1v) is 7.06. The molecule has 1 N–H and O–H groups in total. The predicted molar refractivity (Wildman–Crippen MR) is 85.9 cm³/mol. The van der Waals surface area contributed by atoms with Crippen molar-refractivity contribution in [2.24, 2.45) is 0 Å². The molecule has 3 aromatic rings. The molecule has 0 aliphatic rings. The highest BCUT2D eigenvalue weighted by atomic mass is 32.1. The summed E-state index contributed by atoms with van der Waals surface area (Å²) in [5.74, 6) is 1.60. The van der Waals surface area contributed by atoms with Crippen LogP contribution in [-0.4, -0.2) is 14.8 Å². The van der Waals surface area contributed by atoms with Crippen LogP contribution in [0.15, 0.2) is 55.1 Å². The molecular formula is C16H15N3OS. The van der Waals surface area contributed by atoms with Crippen LogP contribution in [0.25, 0.3) is 10.8 Å². The third-order valence-corrected chi connectivity index (χ3v) is 3.57. The quantitative estimate of drug-likeness (QED) is 0.574. The number of allylic oxidation sites excluding steroid dienone is 1. The van der Waals surface area contributed by atoms with Gasteiger partial charge in [0.15, 0.2) is 10.6 Å². The molecule has 0 spiro atoms. The third kappa shape index (κ3) is 2.73. The maximum Gasteiger partial charge on any atom is 0.195 e. The molecule has 0 aliphatic heterocycles. The van der Waals surface area contributed by atoms with Crippen molar-refractivity contribution in [2.75, 3.05) is 0 Å². The van der Waals surface area contributed by atoms with Crippen LogP contribution in [0.2, 0.25) is 0 Å². The SMILES string of the molecule is C=CCn1c(COc2cccc3ccccc23)n[nH]c1=S. The van der Waals surface area contributed by atoms with Crippen molar-refractivity contribution in [3.05, 3.63) is 65.7 Å². The molecule has 0 saturated heterocycles. The molecule has 0 atom stereocenters. The predicted octanol–water partition coefficient (Wildman–Crippen LogP) is 3.86. The Morgan fingerprint density at radius 2 is 2.05 bits per heavy atom. The lowest BCUT2D eigenvalue weighted by molar-refractivity contribution is 0.293. The average Bonchev–Trinajstić information content (AvgIpc) is 2.86. The third-order valence-electron chi connectivity index (χ3n) is 3.26. The van der Waals surface area contributed by atoms with Gasteiger partial charge < -0.3 is 4.74 Å². The molecule has 0 saturated carbocycles. The summed E-state index contributed by atoms with van der Waals surface area (Å²) in [7, 11) is 0. The molecule has 0 amide bonds. The number of fused-ring (bicyclic) bond motifs is 1. The fourth-order valence-electron chi connectivity index (χ4n) is 2.24. The van der Waals surface area contributed by atoms with E-state index in [1.54, 1.807) is 6.08 Å². The van der Waals surface area contributed by atoms with Gasteiger partial charge in [-0.25, -0.2) is 0 Å². The van der Waals surface area contributed by atoms with E-state index in [1.807, 2.05) is 34.9 Å². The van der Waals surface area contributed by atoms with Crippen molar-refractivity contribution >= 4 is 23.0 Å². The largest absolute Gasteiger partial charge is 0.485 e. The summed E-state index contributed by atoms with van der Waals surface area (Å²) in [5.41, 5.74) is 0. The average molecular weight is 297 g/mol. The number of hydrogen-bond donors (Lipinski definition) is 1. The summed E-state index contributed by atoms with van der Waals surface area (Å²) >= 11 is 5.19. The number of ether oxygens (including phenoxy) is 1. The highest BCUT2D eigenvalue weighted by Crippen LogP contribution is 2.25. The molecular weight excluding hydrogens is 282 g/mol. The summed E-state index contributed by atoms with van der Waals surface area (Å²) in [4.78, 5) is 0. The Labute approximate surface area is 127 Å². The van der Waals surface area contributed by atoms with Gasteiger partial charge in [-0.3, -0.25) is 9.67 Å². The molecule has 5 heteroatoms. The zero-order valence-corrected chi connectivity index (χ0v) is 12.3. The first-order valence-electron chi connectivity index (χ1n) is 6.65. The topological polar surface area (TPSA) is 42.8 Å². The van der Waals surface area contributed by atoms with Gasteiger partial charge in [0.05, 0.1) is 0 Å². The van der Waals surface area contributed by atoms with Gasteiger partial charge in [0, 0.05) is 11.9 Å². The van der Waals surface area contributed by atoms with Gasteiger partial charge in [-0.15, -0.1) is 6.58 Å². The molecule has 1 heterocycles. The molecule has 0 unspecified atom stereocenters. The highest BCUT2D eigenvalue weighted by molar-refractivity contribution is 7.71. The van der Waals surface area contributed by atoms with Crippen LogP contribution >= 0.6 is 12.2 Å². The maximum atomic E-state index is 5.92. The monoisotopic (exact) mass is 297 g/mol. The molecule has 4 nitrogen and oxygen atoms in total. The van der Waals surface area contributed by atoms with Gasteiger partial charge in [0.25, 0.3) is 0 Å². The van der Waals surface area contributed by atoms with Gasteiger partial charge in [0.1, 0.15) is 12.4 Å². The van der Waals surface area contributed by atoms with E-state index in [9.17, 15) is 0 Å². The number of rotatable bonds is 5. The lowest BCUT2D eigenvalue weighted by Crippen LogP contribution is -2.06. The summed E-state index contributed by atoms with van der Waals surface area (Å²) in [6, 6.07) is 14.1. The summed E-state index contributed by atoms with van der Waals surface area (Å²) in [6.45, 7) is 4.70. The van der Waals surface area contributed by atoms with Crippen LogP contribution < -0.4 is 4.74 Å². The second-order valence-corrected chi connectivity index (χ2v) is 5.00. The number of hydrogen-bond acceptors (Lipinski definition) is 3. The summed E-state index contributed by atoms with van der Waals surface area (Å²) < 4.78 is 8.37. The molecule has 0 fully saturated rings. The van der Waals surface area contributed by atoms with Crippen LogP contribution in [0.5, 0.6) is 5.75 Å². The van der Waals surface area contributed by atoms with Crippen molar-refractivity contribution in [1.29, 1.82) is 0 Å². The zero-order chi connectivity index (χ0) is 14.7. The molecule has 106 valence electrons. The van der Waals surface area contributed by atoms with E-state index in [1.165, 1.54) is 0 Å². The normalized spacial score (nSPS) is 10.7. The molecule has 0 bridgehead atoms.